The fourth-order valence-corrected chi connectivity index (χ4v) is 1.30. The maximum absolute atomic E-state index is 12.5. The van der Waals surface area contributed by atoms with Crippen LogP contribution in [0, 0.1) is 13.8 Å². The third-order valence-corrected chi connectivity index (χ3v) is 2.14. The average molecular weight is 168 g/mol. The second-order valence-corrected chi connectivity index (χ2v) is 2.82. The van der Waals surface area contributed by atoms with Crippen molar-refractivity contribution in [3.63, 3.8) is 0 Å². The minimum atomic E-state index is -0.422. The third-order valence-electron chi connectivity index (χ3n) is 2.14. The SMILES string of the molecule is COc1ccc(C)c(CF)c1C. The lowest BCUT2D eigenvalue weighted by Crippen LogP contribution is -1.94. The Bertz CT molecular complexity index is 281. The standard InChI is InChI=1S/C10H13FO/c1-7-4-5-10(12-3)8(2)9(7)6-11/h4-5H,6H2,1-3H3. The lowest BCUT2D eigenvalue weighted by molar-refractivity contribution is 0.408. The molecule has 0 radical (unpaired) electrons. The Kier molecular flexibility index (Phi) is 2.69. The largest absolute Gasteiger partial charge is 0.496 e. The van der Waals surface area contributed by atoms with E-state index in [-0.39, 0.29) is 0 Å². The predicted molar refractivity (Wildman–Crippen MR) is 47.3 cm³/mol. The summed E-state index contributed by atoms with van der Waals surface area (Å²) in [6, 6.07) is 3.74. The van der Waals surface area contributed by atoms with Crippen molar-refractivity contribution in [1.29, 1.82) is 0 Å². The van der Waals surface area contributed by atoms with E-state index >= 15 is 0 Å². The highest BCUT2D eigenvalue weighted by Crippen LogP contribution is 2.24. The third kappa shape index (κ3) is 1.42. The van der Waals surface area contributed by atoms with Crippen molar-refractivity contribution in [2.24, 2.45) is 0 Å². The summed E-state index contributed by atoms with van der Waals surface area (Å²) in [6.07, 6.45) is 0. The molecule has 0 bridgehead atoms. The van der Waals surface area contributed by atoms with E-state index < -0.39 is 6.67 Å². The van der Waals surface area contributed by atoms with E-state index in [0.29, 0.717) is 0 Å². The molecule has 66 valence electrons. The number of halogens is 1. The second-order valence-electron chi connectivity index (χ2n) is 2.82. The van der Waals surface area contributed by atoms with Gasteiger partial charge in [0.1, 0.15) is 12.4 Å². The molecule has 1 aromatic rings. The summed E-state index contributed by atoms with van der Waals surface area (Å²) in [5.41, 5.74) is 2.63. The smallest absolute Gasteiger partial charge is 0.122 e. The molecule has 0 aromatic heterocycles. The average Bonchev–Trinajstić information content (AvgIpc) is 2.06. The van der Waals surface area contributed by atoms with Crippen LogP contribution in [0.25, 0.3) is 0 Å². The van der Waals surface area contributed by atoms with Crippen molar-refractivity contribution >= 4 is 0 Å². The monoisotopic (exact) mass is 168 g/mol. The van der Waals surface area contributed by atoms with Gasteiger partial charge in [0.05, 0.1) is 7.11 Å². The van der Waals surface area contributed by atoms with Gasteiger partial charge < -0.3 is 4.74 Å². The Balaban J connectivity index is 3.24. The van der Waals surface area contributed by atoms with Crippen LogP contribution in [0.4, 0.5) is 4.39 Å². The lowest BCUT2D eigenvalue weighted by Gasteiger charge is -2.10. The first-order valence-electron chi connectivity index (χ1n) is 3.89. The van der Waals surface area contributed by atoms with Crippen LogP contribution in [0.1, 0.15) is 16.7 Å². The molecule has 0 atom stereocenters. The molecule has 0 N–H and O–H groups in total. The summed E-state index contributed by atoms with van der Waals surface area (Å²) >= 11 is 0. The summed E-state index contributed by atoms with van der Waals surface area (Å²) in [5.74, 6) is 0.758. The summed E-state index contributed by atoms with van der Waals surface area (Å²) in [7, 11) is 1.60. The van der Waals surface area contributed by atoms with E-state index in [1.807, 2.05) is 26.0 Å². The molecule has 0 aliphatic heterocycles. The summed E-state index contributed by atoms with van der Waals surface area (Å²) < 4.78 is 17.6. The molecule has 2 heteroatoms. The molecule has 0 aliphatic rings. The van der Waals surface area contributed by atoms with Crippen LogP contribution in [0.5, 0.6) is 5.75 Å². The number of hydrogen-bond donors (Lipinski definition) is 0. The molecule has 0 saturated carbocycles. The molecule has 1 nitrogen and oxygen atoms in total. The number of aryl methyl sites for hydroxylation is 1. The number of alkyl halides is 1. The molecule has 1 rings (SSSR count). The first-order valence-corrected chi connectivity index (χ1v) is 3.89. The maximum Gasteiger partial charge on any atom is 0.122 e. The number of benzene rings is 1. The predicted octanol–water partition coefficient (Wildman–Crippen LogP) is 2.78. The number of ether oxygens (including phenoxy) is 1. The van der Waals surface area contributed by atoms with E-state index in [1.54, 1.807) is 7.11 Å². The highest BCUT2D eigenvalue weighted by atomic mass is 19.1. The topological polar surface area (TPSA) is 9.23 Å². The quantitative estimate of drug-likeness (QED) is 0.659. The molecular weight excluding hydrogens is 155 g/mol. The van der Waals surface area contributed by atoms with E-state index in [1.165, 1.54) is 0 Å². The second kappa shape index (κ2) is 3.57. The molecule has 0 unspecified atom stereocenters. The minimum Gasteiger partial charge on any atom is -0.496 e. The van der Waals surface area contributed by atoms with E-state index in [4.69, 9.17) is 4.74 Å². The van der Waals surface area contributed by atoms with Gasteiger partial charge in [-0.25, -0.2) is 4.39 Å². The van der Waals surface area contributed by atoms with Gasteiger partial charge in [-0.05, 0) is 36.6 Å². The normalized spacial score (nSPS) is 10.0. The highest BCUT2D eigenvalue weighted by Gasteiger charge is 2.06. The van der Waals surface area contributed by atoms with Gasteiger partial charge in [0.15, 0.2) is 0 Å². The van der Waals surface area contributed by atoms with Crippen molar-refractivity contribution in [1.82, 2.24) is 0 Å². The van der Waals surface area contributed by atoms with Gasteiger partial charge in [-0.3, -0.25) is 0 Å². The Morgan fingerprint density at radius 1 is 1.33 bits per heavy atom. The first-order chi connectivity index (χ1) is 5.70. The highest BCUT2D eigenvalue weighted by molar-refractivity contribution is 5.43. The molecule has 1 aromatic carbocycles. The van der Waals surface area contributed by atoms with Gasteiger partial charge in [-0.2, -0.15) is 0 Å². The van der Waals surface area contributed by atoms with Gasteiger partial charge in [-0.1, -0.05) is 6.07 Å². The zero-order chi connectivity index (χ0) is 9.14. The van der Waals surface area contributed by atoms with Gasteiger partial charge in [0.25, 0.3) is 0 Å². The van der Waals surface area contributed by atoms with Crippen LogP contribution in [0.3, 0.4) is 0 Å². The molecule has 0 amide bonds. The van der Waals surface area contributed by atoms with E-state index in [2.05, 4.69) is 0 Å². The molecule has 0 fully saturated rings. The Morgan fingerprint density at radius 3 is 2.50 bits per heavy atom. The molecule has 0 heterocycles. The van der Waals surface area contributed by atoms with Gasteiger partial charge in [0.2, 0.25) is 0 Å². The molecular formula is C10H13FO. The Labute approximate surface area is 72.2 Å². The zero-order valence-electron chi connectivity index (χ0n) is 7.65. The fourth-order valence-electron chi connectivity index (χ4n) is 1.30. The Hall–Kier alpha value is -1.05. The molecule has 0 saturated heterocycles. The van der Waals surface area contributed by atoms with Crippen LogP contribution >= 0.6 is 0 Å². The van der Waals surface area contributed by atoms with Crippen molar-refractivity contribution < 1.29 is 9.13 Å². The summed E-state index contributed by atoms with van der Waals surface area (Å²) in [5, 5.41) is 0. The zero-order valence-corrected chi connectivity index (χ0v) is 7.65. The van der Waals surface area contributed by atoms with Crippen molar-refractivity contribution in [3.05, 3.63) is 28.8 Å². The van der Waals surface area contributed by atoms with Crippen molar-refractivity contribution in [3.8, 4) is 5.75 Å². The van der Waals surface area contributed by atoms with Gasteiger partial charge >= 0.3 is 0 Å². The molecule has 12 heavy (non-hydrogen) atoms. The number of rotatable bonds is 2. The van der Waals surface area contributed by atoms with Crippen LogP contribution < -0.4 is 4.74 Å². The van der Waals surface area contributed by atoms with Crippen LogP contribution in [-0.2, 0) is 6.67 Å². The summed E-state index contributed by atoms with van der Waals surface area (Å²) in [6.45, 7) is 3.36. The van der Waals surface area contributed by atoms with Crippen molar-refractivity contribution in [2.45, 2.75) is 20.5 Å². The van der Waals surface area contributed by atoms with E-state index in [0.717, 1.165) is 22.4 Å². The Morgan fingerprint density at radius 2 is 2.00 bits per heavy atom. The lowest BCUT2D eigenvalue weighted by atomic mass is 10.0. The number of hydrogen-bond acceptors (Lipinski definition) is 1. The molecule has 0 aliphatic carbocycles. The van der Waals surface area contributed by atoms with E-state index in [9.17, 15) is 4.39 Å². The van der Waals surface area contributed by atoms with Crippen LogP contribution in [-0.4, -0.2) is 7.11 Å². The summed E-state index contributed by atoms with van der Waals surface area (Å²) in [4.78, 5) is 0. The fraction of sp³-hybridized carbons (Fsp3) is 0.400. The van der Waals surface area contributed by atoms with Gasteiger partial charge in [-0.15, -0.1) is 0 Å². The van der Waals surface area contributed by atoms with Crippen molar-refractivity contribution in [2.75, 3.05) is 7.11 Å². The minimum absolute atomic E-state index is 0.422. The number of methoxy groups -OCH3 is 1. The maximum atomic E-state index is 12.5. The van der Waals surface area contributed by atoms with Crippen LogP contribution in [0.2, 0.25) is 0 Å². The first kappa shape index (κ1) is 9.04. The van der Waals surface area contributed by atoms with Crippen LogP contribution in [0.15, 0.2) is 12.1 Å². The molecule has 0 spiro atoms. The van der Waals surface area contributed by atoms with Gasteiger partial charge in [0, 0.05) is 0 Å².